The molecule has 1 aliphatic heterocycles. The molecule has 1 atom stereocenters. The van der Waals surface area contributed by atoms with Gasteiger partial charge in [-0.1, -0.05) is 32.9 Å². The number of hydrogen-bond acceptors (Lipinski definition) is 3. The molecule has 0 amide bonds. The van der Waals surface area contributed by atoms with Gasteiger partial charge in [0, 0.05) is 0 Å². The predicted molar refractivity (Wildman–Crippen MR) is 79.4 cm³/mol. The molecule has 0 bridgehead atoms. The van der Waals surface area contributed by atoms with Crippen LogP contribution in [0.3, 0.4) is 0 Å². The first kappa shape index (κ1) is 14.7. The van der Waals surface area contributed by atoms with Crippen LogP contribution in [-0.4, -0.2) is 29.3 Å². The van der Waals surface area contributed by atoms with Crippen LogP contribution < -0.4 is 9.64 Å². The Morgan fingerprint density at radius 2 is 2.00 bits per heavy atom. The van der Waals surface area contributed by atoms with Crippen molar-refractivity contribution in [3.63, 3.8) is 0 Å². The van der Waals surface area contributed by atoms with Gasteiger partial charge in [0.2, 0.25) is 0 Å². The molecule has 1 unspecified atom stereocenters. The van der Waals surface area contributed by atoms with Crippen LogP contribution in [0.4, 0.5) is 5.69 Å². The Kier molecular flexibility index (Phi) is 4.21. The molecule has 0 aliphatic carbocycles. The third-order valence-corrected chi connectivity index (χ3v) is 4.30. The number of aliphatic carboxylic acids is 1. The van der Waals surface area contributed by atoms with Crippen molar-refractivity contribution >= 4 is 11.7 Å². The second-order valence-electron chi connectivity index (χ2n) is 5.35. The standard InChI is InChI=1S/C16H23NO3/c1-4-12(15(18)19)17-11-16(5-2,6-3)20-14-10-8-7-9-13(14)17/h7-10,12H,4-6,11H2,1-3H3,(H,18,19). The van der Waals surface area contributed by atoms with E-state index in [1.54, 1.807) is 0 Å². The van der Waals surface area contributed by atoms with Crippen molar-refractivity contribution in [3.05, 3.63) is 24.3 Å². The summed E-state index contributed by atoms with van der Waals surface area (Å²) in [4.78, 5) is 13.5. The summed E-state index contributed by atoms with van der Waals surface area (Å²) in [7, 11) is 0. The fourth-order valence-corrected chi connectivity index (χ4v) is 2.87. The first-order valence-corrected chi connectivity index (χ1v) is 7.34. The van der Waals surface area contributed by atoms with Crippen LogP contribution in [0.2, 0.25) is 0 Å². The maximum atomic E-state index is 11.5. The Bertz CT molecular complexity index is 482. The quantitative estimate of drug-likeness (QED) is 0.897. The van der Waals surface area contributed by atoms with Gasteiger partial charge < -0.3 is 14.7 Å². The van der Waals surface area contributed by atoms with E-state index in [1.165, 1.54) is 0 Å². The number of carboxylic acid groups (broad SMARTS) is 1. The van der Waals surface area contributed by atoms with E-state index in [1.807, 2.05) is 36.1 Å². The van der Waals surface area contributed by atoms with Gasteiger partial charge >= 0.3 is 5.97 Å². The van der Waals surface area contributed by atoms with Crippen molar-refractivity contribution in [2.45, 2.75) is 51.7 Å². The van der Waals surface area contributed by atoms with Crippen molar-refractivity contribution < 1.29 is 14.6 Å². The summed E-state index contributed by atoms with van der Waals surface area (Å²) < 4.78 is 6.19. The summed E-state index contributed by atoms with van der Waals surface area (Å²) in [6.45, 7) is 6.73. The zero-order valence-electron chi connectivity index (χ0n) is 12.4. The zero-order chi connectivity index (χ0) is 14.8. The molecule has 1 aliphatic rings. The molecule has 4 nitrogen and oxygen atoms in total. The maximum Gasteiger partial charge on any atom is 0.326 e. The van der Waals surface area contributed by atoms with E-state index in [0.717, 1.165) is 24.3 Å². The fourth-order valence-electron chi connectivity index (χ4n) is 2.87. The van der Waals surface area contributed by atoms with E-state index in [0.29, 0.717) is 13.0 Å². The monoisotopic (exact) mass is 277 g/mol. The van der Waals surface area contributed by atoms with Gasteiger partial charge in [0.15, 0.2) is 0 Å². The molecule has 0 saturated carbocycles. The molecule has 0 radical (unpaired) electrons. The van der Waals surface area contributed by atoms with Gasteiger partial charge in [0.05, 0.1) is 12.2 Å². The lowest BCUT2D eigenvalue weighted by atomic mass is 9.92. The van der Waals surface area contributed by atoms with E-state index < -0.39 is 12.0 Å². The van der Waals surface area contributed by atoms with Gasteiger partial charge in [0.1, 0.15) is 17.4 Å². The predicted octanol–water partition coefficient (Wildman–Crippen LogP) is 3.31. The van der Waals surface area contributed by atoms with Gasteiger partial charge in [-0.2, -0.15) is 0 Å². The normalized spacial score (nSPS) is 18.1. The lowest BCUT2D eigenvalue weighted by Gasteiger charge is -2.46. The van der Waals surface area contributed by atoms with Gasteiger partial charge in [-0.3, -0.25) is 0 Å². The number of rotatable bonds is 5. The summed E-state index contributed by atoms with van der Waals surface area (Å²) >= 11 is 0. The Morgan fingerprint density at radius 1 is 1.35 bits per heavy atom. The van der Waals surface area contributed by atoms with Crippen LogP contribution in [0.5, 0.6) is 5.75 Å². The molecule has 2 rings (SSSR count). The highest BCUT2D eigenvalue weighted by Gasteiger charge is 2.40. The molecule has 1 N–H and O–H groups in total. The number of carbonyl (C=O) groups is 1. The fraction of sp³-hybridized carbons (Fsp3) is 0.562. The molecule has 0 saturated heterocycles. The smallest absolute Gasteiger partial charge is 0.326 e. The minimum absolute atomic E-state index is 0.294. The Balaban J connectivity index is 2.46. The maximum absolute atomic E-state index is 11.5. The summed E-state index contributed by atoms with van der Waals surface area (Å²) in [5.41, 5.74) is 0.594. The second-order valence-corrected chi connectivity index (χ2v) is 5.35. The third-order valence-electron chi connectivity index (χ3n) is 4.30. The van der Waals surface area contributed by atoms with Crippen LogP contribution in [-0.2, 0) is 4.79 Å². The summed E-state index contributed by atoms with van der Waals surface area (Å²) in [6, 6.07) is 7.22. The Morgan fingerprint density at radius 3 is 2.55 bits per heavy atom. The summed E-state index contributed by atoms with van der Waals surface area (Å²) in [5.74, 6) is 0.0208. The minimum atomic E-state index is -0.773. The van der Waals surface area contributed by atoms with Crippen LogP contribution in [0, 0.1) is 0 Å². The van der Waals surface area contributed by atoms with Crippen molar-refractivity contribution in [2.75, 3.05) is 11.4 Å². The number of ether oxygens (including phenoxy) is 1. The first-order chi connectivity index (χ1) is 9.56. The molecule has 110 valence electrons. The highest BCUT2D eigenvalue weighted by Crippen LogP contribution is 2.40. The van der Waals surface area contributed by atoms with Crippen LogP contribution in [0.1, 0.15) is 40.0 Å². The average molecular weight is 277 g/mol. The topological polar surface area (TPSA) is 49.8 Å². The van der Waals surface area contributed by atoms with Crippen LogP contribution in [0.15, 0.2) is 24.3 Å². The van der Waals surface area contributed by atoms with E-state index in [9.17, 15) is 9.90 Å². The largest absolute Gasteiger partial charge is 0.483 e. The number of carboxylic acids is 1. The van der Waals surface area contributed by atoms with E-state index in [-0.39, 0.29) is 5.60 Å². The van der Waals surface area contributed by atoms with Crippen molar-refractivity contribution in [1.29, 1.82) is 0 Å². The molecule has 1 aromatic carbocycles. The first-order valence-electron chi connectivity index (χ1n) is 7.34. The second kappa shape index (κ2) is 5.73. The van der Waals surface area contributed by atoms with Crippen LogP contribution in [0.25, 0.3) is 0 Å². The van der Waals surface area contributed by atoms with E-state index in [4.69, 9.17) is 4.74 Å². The van der Waals surface area contributed by atoms with Crippen LogP contribution >= 0.6 is 0 Å². The molecule has 4 heteroatoms. The van der Waals surface area contributed by atoms with Gasteiger partial charge in [-0.15, -0.1) is 0 Å². The molecule has 0 aromatic heterocycles. The van der Waals surface area contributed by atoms with E-state index in [2.05, 4.69) is 13.8 Å². The van der Waals surface area contributed by atoms with Crippen molar-refractivity contribution in [1.82, 2.24) is 0 Å². The highest BCUT2D eigenvalue weighted by molar-refractivity contribution is 5.79. The van der Waals surface area contributed by atoms with Gasteiger partial charge in [-0.05, 0) is 31.4 Å². The number of anilines is 1. The number of nitrogens with zero attached hydrogens (tertiary/aromatic N) is 1. The summed E-state index contributed by atoms with van der Waals surface area (Å²) in [5, 5.41) is 9.48. The number of hydrogen-bond donors (Lipinski definition) is 1. The molecule has 1 heterocycles. The Labute approximate surface area is 120 Å². The molecular weight excluding hydrogens is 254 g/mol. The highest BCUT2D eigenvalue weighted by atomic mass is 16.5. The summed E-state index contributed by atoms with van der Waals surface area (Å²) in [6.07, 6.45) is 2.31. The van der Waals surface area contributed by atoms with Crippen molar-refractivity contribution in [3.8, 4) is 5.75 Å². The third kappa shape index (κ3) is 2.47. The number of benzene rings is 1. The number of para-hydroxylation sites is 2. The van der Waals surface area contributed by atoms with E-state index >= 15 is 0 Å². The molecule has 1 aromatic rings. The minimum Gasteiger partial charge on any atom is -0.483 e. The van der Waals surface area contributed by atoms with Crippen molar-refractivity contribution in [2.24, 2.45) is 0 Å². The molecule has 0 spiro atoms. The lowest BCUT2D eigenvalue weighted by Crippen LogP contribution is -2.55. The SMILES string of the molecule is CCC(C(=O)O)N1CC(CC)(CC)Oc2ccccc21. The lowest BCUT2D eigenvalue weighted by molar-refractivity contribution is -0.138. The zero-order valence-corrected chi connectivity index (χ0v) is 12.4. The Hall–Kier alpha value is -1.71. The average Bonchev–Trinajstić information content (AvgIpc) is 2.47. The molecule has 0 fully saturated rings. The van der Waals surface area contributed by atoms with Gasteiger partial charge in [0.25, 0.3) is 0 Å². The molecule has 20 heavy (non-hydrogen) atoms. The number of fused-ring (bicyclic) bond motifs is 1. The van der Waals surface area contributed by atoms with Gasteiger partial charge in [-0.25, -0.2) is 4.79 Å². The molecular formula is C16H23NO3.